The molecule has 0 unspecified atom stereocenters. The Labute approximate surface area is 55.6 Å². The van der Waals surface area contributed by atoms with E-state index in [0.717, 1.165) is 13.2 Å². The number of piperidine rings is 1. The zero-order chi connectivity index (χ0) is 6.16. The molecule has 2 heteroatoms. The van der Waals surface area contributed by atoms with E-state index in [-0.39, 0.29) is 0 Å². The summed E-state index contributed by atoms with van der Waals surface area (Å²) in [5.74, 6) is 0. The van der Waals surface area contributed by atoms with Gasteiger partial charge in [0, 0.05) is 0 Å². The molecule has 2 nitrogen and oxygen atoms in total. The standard InChI is InChI=1S/C7H13NO/c1-2-7(4-8-3-1)5-9-6-7/h8H,1-6H2/p+1. The van der Waals surface area contributed by atoms with Gasteiger partial charge in [0.1, 0.15) is 0 Å². The lowest BCUT2D eigenvalue weighted by atomic mass is 9.79. The van der Waals surface area contributed by atoms with Gasteiger partial charge >= 0.3 is 0 Å². The average Bonchev–Trinajstić information content (AvgIpc) is 1.87. The van der Waals surface area contributed by atoms with Crippen LogP contribution in [0.1, 0.15) is 12.8 Å². The van der Waals surface area contributed by atoms with E-state index in [0.29, 0.717) is 5.41 Å². The third kappa shape index (κ3) is 0.864. The van der Waals surface area contributed by atoms with Crippen LogP contribution in [0.15, 0.2) is 0 Å². The molecule has 9 heavy (non-hydrogen) atoms. The minimum Gasteiger partial charge on any atom is -0.380 e. The van der Waals surface area contributed by atoms with Crippen LogP contribution in [0.4, 0.5) is 0 Å². The van der Waals surface area contributed by atoms with Gasteiger partial charge in [-0.25, -0.2) is 0 Å². The SMILES string of the molecule is C1C[NH2+]CC2(C1)COC2. The third-order valence-electron chi connectivity index (χ3n) is 2.51. The van der Waals surface area contributed by atoms with Crippen LogP contribution in [0.5, 0.6) is 0 Å². The van der Waals surface area contributed by atoms with Gasteiger partial charge in [0.25, 0.3) is 0 Å². The van der Waals surface area contributed by atoms with Crippen LogP contribution in [0.25, 0.3) is 0 Å². The Morgan fingerprint density at radius 3 is 2.56 bits per heavy atom. The molecule has 0 radical (unpaired) electrons. The van der Waals surface area contributed by atoms with Gasteiger partial charge < -0.3 is 10.1 Å². The number of nitrogens with two attached hydrogens (primary N) is 1. The second-order valence-electron chi connectivity index (χ2n) is 3.38. The number of hydrogen-bond donors (Lipinski definition) is 1. The maximum atomic E-state index is 5.20. The second kappa shape index (κ2) is 1.96. The Bertz CT molecular complexity index is 101. The van der Waals surface area contributed by atoms with Gasteiger partial charge in [0.15, 0.2) is 0 Å². The molecular weight excluding hydrogens is 114 g/mol. The highest BCUT2D eigenvalue weighted by Crippen LogP contribution is 2.31. The minimum atomic E-state index is 0.623. The van der Waals surface area contributed by atoms with Gasteiger partial charge in [0.2, 0.25) is 0 Å². The fourth-order valence-corrected chi connectivity index (χ4v) is 1.78. The zero-order valence-electron chi connectivity index (χ0n) is 5.73. The molecular formula is C7H14NO+. The van der Waals surface area contributed by atoms with E-state index in [9.17, 15) is 0 Å². The molecule has 2 rings (SSSR count). The van der Waals surface area contributed by atoms with Crippen molar-refractivity contribution in [2.75, 3.05) is 26.3 Å². The summed E-state index contributed by atoms with van der Waals surface area (Å²) in [6.45, 7) is 4.71. The summed E-state index contributed by atoms with van der Waals surface area (Å²) in [7, 11) is 0. The van der Waals surface area contributed by atoms with E-state index in [1.54, 1.807) is 0 Å². The van der Waals surface area contributed by atoms with Crippen molar-refractivity contribution >= 4 is 0 Å². The van der Waals surface area contributed by atoms with Crippen molar-refractivity contribution in [2.24, 2.45) is 5.41 Å². The zero-order valence-corrected chi connectivity index (χ0v) is 5.73. The second-order valence-corrected chi connectivity index (χ2v) is 3.38. The first-order chi connectivity index (χ1) is 4.41. The minimum absolute atomic E-state index is 0.623. The summed E-state index contributed by atoms with van der Waals surface area (Å²) in [4.78, 5) is 0. The summed E-state index contributed by atoms with van der Waals surface area (Å²) in [6.07, 6.45) is 2.80. The molecule has 0 bridgehead atoms. The van der Waals surface area contributed by atoms with Crippen LogP contribution in [-0.4, -0.2) is 26.3 Å². The lowest BCUT2D eigenvalue weighted by Crippen LogP contribution is -2.90. The average molecular weight is 128 g/mol. The molecule has 0 aliphatic carbocycles. The number of rotatable bonds is 0. The summed E-state index contributed by atoms with van der Waals surface area (Å²) >= 11 is 0. The Kier molecular flexibility index (Phi) is 1.24. The molecule has 1 spiro atoms. The Hall–Kier alpha value is -0.0800. The first-order valence-corrected chi connectivity index (χ1v) is 3.81. The molecule has 0 amide bonds. The van der Waals surface area contributed by atoms with Gasteiger partial charge in [-0.3, -0.25) is 0 Å². The number of ether oxygens (including phenoxy) is 1. The van der Waals surface area contributed by atoms with Crippen molar-refractivity contribution in [3.8, 4) is 0 Å². The molecule has 2 aliphatic rings. The topological polar surface area (TPSA) is 25.8 Å². The molecule has 2 heterocycles. The quantitative estimate of drug-likeness (QED) is 0.461. The van der Waals surface area contributed by atoms with Crippen LogP contribution >= 0.6 is 0 Å². The Morgan fingerprint density at radius 1 is 1.33 bits per heavy atom. The van der Waals surface area contributed by atoms with Crippen molar-refractivity contribution in [1.82, 2.24) is 0 Å². The van der Waals surface area contributed by atoms with Gasteiger partial charge in [-0.2, -0.15) is 0 Å². The smallest absolute Gasteiger partial charge is 0.0857 e. The van der Waals surface area contributed by atoms with Crippen LogP contribution in [0.3, 0.4) is 0 Å². The van der Waals surface area contributed by atoms with Crippen molar-refractivity contribution in [3.63, 3.8) is 0 Å². The molecule has 0 atom stereocenters. The molecule has 52 valence electrons. The summed E-state index contributed by atoms with van der Waals surface area (Å²) in [5.41, 5.74) is 0.623. The highest BCUT2D eigenvalue weighted by Gasteiger charge is 2.41. The van der Waals surface area contributed by atoms with Crippen LogP contribution in [0, 0.1) is 5.41 Å². The molecule has 2 N–H and O–H groups in total. The van der Waals surface area contributed by atoms with E-state index in [1.165, 1.54) is 25.9 Å². The first-order valence-electron chi connectivity index (χ1n) is 3.81. The maximum absolute atomic E-state index is 5.20. The van der Waals surface area contributed by atoms with Gasteiger partial charge in [-0.1, -0.05) is 0 Å². The number of quaternary nitrogens is 1. The van der Waals surface area contributed by atoms with E-state index >= 15 is 0 Å². The van der Waals surface area contributed by atoms with Gasteiger partial charge in [0.05, 0.1) is 31.7 Å². The highest BCUT2D eigenvalue weighted by molar-refractivity contribution is 4.85. The monoisotopic (exact) mass is 128 g/mol. The van der Waals surface area contributed by atoms with Crippen molar-refractivity contribution in [1.29, 1.82) is 0 Å². The van der Waals surface area contributed by atoms with Crippen molar-refractivity contribution in [3.05, 3.63) is 0 Å². The molecule has 2 saturated heterocycles. The van der Waals surface area contributed by atoms with Gasteiger partial charge in [-0.15, -0.1) is 0 Å². The summed E-state index contributed by atoms with van der Waals surface area (Å²) < 4.78 is 5.20. The number of hydrogen-bond acceptors (Lipinski definition) is 1. The lowest BCUT2D eigenvalue weighted by Gasteiger charge is -2.42. The van der Waals surface area contributed by atoms with E-state index < -0.39 is 0 Å². The predicted molar refractivity (Wildman–Crippen MR) is 34.1 cm³/mol. The maximum Gasteiger partial charge on any atom is 0.0857 e. The summed E-state index contributed by atoms with van der Waals surface area (Å²) in [5, 5.41) is 2.42. The fourth-order valence-electron chi connectivity index (χ4n) is 1.78. The van der Waals surface area contributed by atoms with Crippen LogP contribution in [0.2, 0.25) is 0 Å². The van der Waals surface area contributed by atoms with E-state index in [4.69, 9.17) is 4.74 Å². The third-order valence-corrected chi connectivity index (χ3v) is 2.51. The molecule has 0 aromatic rings. The Morgan fingerprint density at radius 2 is 2.22 bits per heavy atom. The molecule has 0 saturated carbocycles. The van der Waals surface area contributed by atoms with Crippen LogP contribution in [-0.2, 0) is 4.74 Å². The molecule has 2 aliphatic heterocycles. The first kappa shape index (κ1) is 5.69. The van der Waals surface area contributed by atoms with Crippen molar-refractivity contribution in [2.45, 2.75) is 12.8 Å². The normalized spacial score (nSPS) is 32.0. The van der Waals surface area contributed by atoms with Crippen LogP contribution < -0.4 is 5.32 Å². The Balaban J connectivity index is 1.93. The lowest BCUT2D eigenvalue weighted by molar-refractivity contribution is -0.681. The summed E-state index contributed by atoms with van der Waals surface area (Å²) in [6, 6.07) is 0. The molecule has 0 aromatic carbocycles. The van der Waals surface area contributed by atoms with E-state index in [1.807, 2.05) is 0 Å². The van der Waals surface area contributed by atoms with Gasteiger partial charge in [-0.05, 0) is 12.8 Å². The van der Waals surface area contributed by atoms with E-state index in [2.05, 4.69) is 5.32 Å². The predicted octanol–water partition coefficient (Wildman–Crippen LogP) is -0.640. The molecule has 0 aromatic heterocycles. The van der Waals surface area contributed by atoms with Crippen molar-refractivity contribution < 1.29 is 10.1 Å². The highest BCUT2D eigenvalue weighted by atomic mass is 16.5. The molecule has 2 fully saturated rings. The largest absolute Gasteiger partial charge is 0.380 e. The fraction of sp³-hybridized carbons (Fsp3) is 1.00.